The van der Waals surface area contributed by atoms with Crippen molar-refractivity contribution in [3.8, 4) is 17.1 Å². The summed E-state index contributed by atoms with van der Waals surface area (Å²) in [5.74, 6) is -5.57. The van der Waals surface area contributed by atoms with Crippen LogP contribution in [-0.2, 0) is 32.1 Å². The summed E-state index contributed by atoms with van der Waals surface area (Å²) in [5, 5.41) is 45.0. The fourth-order valence-electron chi connectivity index (χ4n) is 7.06. The number of morpholine rings is 1. The summed E-state index contributed by atoms with van der Waals surface area (Å²) in [6.07, 6.45) is 0.194. The summed E-state index contributed by atoms with van der Waals surface area (Å²) in [4.78, 5) is 43.1. The fraction of sp³-hybridized carbons (Fsp3) is 0.433. The molecule has 1 saturated carbocycles. The Bertz CT molecular complexity index is 1570. The van der Waals surface area contributed by atoms with Gasteiger partial charge in [0.2, 0.25) is 5.78 Å². The topological polar surface area (TPSA) is 187 Å². The van der Waals surface area contributed by atoms with Crippen LogP contribution in [0.2, 0.25) is 0 Å². The van der Waals surface area contributed by atoms with Gasteiger partial charge in [0.15, 0.2) is 11.4 Å². The largest absolute Gasteiger partial charge is 0.508 e. The summed E-state index contributed by atoms with van der Waals surface area (Å²) in [7, 11) is 3.13. The lowest BCUT2D eigenvalue weighted by Gasteiger charge is -2.50. The molecule has 1 aliphatic heterocycles. The van der Waals surface area contributed by atoms with E-state index in [9.17, 15) is 34.8 Å². The highest BCUT2D eigenvalue weighted by molar-refractivity contribution is 6.24. The highest BCUT2D eigenvalue weighted by atomic mass is 16.5. The number of nitrogens with zero attached hydrogens (tertiary/aromatic N) is 2. The molecule has 4 atom stereocenters. The number of benzene rings is 1. The Morgan fingerprint density at radius 2 is 1.83 bits per heavy atom. The van der Waals surface area contributed by atoms with Crippen LogP contribution in [0.25, 0.3) is 17.1 Å². The zero-order valence-corrected chi connectivity index (χ0v) is 23.3. The van der Waals surface area contributed by atoms with E-state index in [0.717, 1.165) is 18.8 Å². The lowest BCUT2D eigenvalue weighted by Crippen LogP contribution is -2.65. The number of phenols is 1. The van der Waals surface area contributed by atoms with E-state index in [0.29, 0.717) is 36.6 Å². The van der Waals surface area contributed by atoms with Crippen molar-refractivity contribution in [1.82, 2.24) is 9.80 Å². The predicted molar refractivity (Wildman–Crippen MR) is 148 cm³/mol. The molecule has 6 rings (SSSR count). The molecule has 0 unspecified atom stereocenters. The Labute approximate surface area is 241 Å². The normalized spacial score (nSPS) is 28.1. The molecule has 2 heterocycles. The van der Waals surface area contributed by atoms with Crippen molar-refractivity contribution in [2.24, 2.45) is 17.6 Å². The molecule has 222 valence electrons. The maximum absolute atomic E-state index is 14.0. The van der Waals surface area contributed by atoms with Crippen LogP contribution >= 0.6 is 0 Å². The smallest absolute Gasteiger partial charge is 0.255 e. The van der Waals surface area contributed by atoms with Crippen molar-refractivity contribution >= 4 is 23.2 Å². The standard InChI is InChI=1S/C30H33N3O9/c1-32(2)24-18-12-14-11-17-16(20-6-3-15(42-20)13-33-7-9-41-10-8-33)4-5-19(34)22(17)25(35)21(14)27(37)30(18,40)28(38)23(26(24)36)29(31)39/h3-6,14,18,24,34-35,38,40H,7-13H2,1-2H3,(H2,31,39)/t14-,18-,24-,30+/m0/s1. The van der Waals surface area contributed by atoms with Gasteiger partial charge in [0.25, 0.3) is 5.91 Å². The third kappa shape index (κ3) is 4.09. The summed E-state index contributed by atoms with van der Waals surface area (Å²) in [6, 6.07) is 5.63. The number of aliphatic hydroxyl groups is 3. The number of phenolic OH excluding ortho intramolecular Hbond substituents is 1. The summed E-state index contributed by atoms with van der Waals surface area (Å²) in [6.45, 7) is 3.48. The number of aliphatic hydroxyl groups excluding tert-OH is 2. The molecule has 0 radical (unpaired) electrons. The molecule has 12 heteroatoms. The third-order valence-electron chi connectivity index (χ3n) is 9.01. The van der Waals surface area contributed by atoms with Crippen molar-refractivity contribution in [1.29, 1.82) is 0 Å². The number of nitrogens with two attached hydrogens (primary N) is 1. The first kappa shape index (κ1) is 28.2. The second kappa shape index (κ2) is 10.1. The lowest BCUT2D eigenvalue weighted by molar-refractivity contribution is -0.153. The van der Waals surface area contributed by atoms with Gasteiger partial charge in [-0.15, -0.1) is 0 Å². The number of primary amides is 1. The third-order valence-corrected chi connectivity index (χ3v) is 9.01. The highest BCUT2D eigenvalue weighted by Crippen LogP contribution is 2.53. The molecule has 1 aromatic heterocycles. The Balaban J connectivity index is 1.44. The molecule has 2 fully saturated rings. The van der Waals surface area contributed by atoms with Gasteiger partial charge in [-0.3, -0.25) is 24.2 Å². The van der Waals surface area contributed by atoms with Crippen LogP contribution in [0.3, 0.4) is 0 Å². The molecule has 12 nitrogen and oxygen atoms in total. The van der Waals surface area contributed by atoms with Crippen LogP contribution < -0.4 is 5.73 Å². The van der Waals surface area contributed by atoms with Crippen molar-refractivity contribution in [2.45, 2.75) is 31.0 Å². The van der Waals surface area contributed by atoms with E-state index < -0.39 is 58.0 Å². The Morgan fingerprint density at radius 3 is 2.50 bits per heavy atom. The molecule has 2 aromatic rings. The van der Waals surface area contributed by atoms with E-state index in [2.05, 4.69) is 4.90 Å². The zero-order valence-electron chi connectivity index (χ0n) is 23.3. The average Bonchev–Trinajstić information content (AvgIpc) is 3.39. The second-order valence-electron chi connectivity index (χ2n) is 11.6. The van der Waals surface area contributed by atoms with E-state index in [1.165, 1.54) is 11.0 Å². The monoisotopic (exact) mass is 579 g/mol. The second-order valence-corrected chi connectivity index (χ2v) is 11.6. The minimum Gasteiger partial charge on any atom is -0.508 e. The summed E-state index contributed by atoms with van der Waals surface area (Å²) in [5.41, 5.74) is 2.86. The van der Waals surface area contributed by atoms with Gasteiger partial charge in [-0.25, -0.2) is 0 Å². The van der Waals surface area contributed by atoms with Crippen molar-refractivity contribution in [3.05, 3.63) is 58.1 Å². The average molecular weight is 580 g/mol. The van der Waals surface area contributed by atoms with E-state index in [-0.39, 0.29) is 29.7 Å². The van der Waals surface area contributed by atoms with Gasteiger partial charge in [0, 0.05) is 30.1 Å². The summed E-state index contributed by atoms with van der Waals surface area (Å²) < 4.78 is 11.6. The molecule has 1 amide bonds. The summed E-state index contributed by atoms with van der Waals surface area (Å²) >= 11 is 0. The van der Waals surface area contributed by atoms with Crippen LogP contribution in [0, 0.1) is 11.8 Å². The number of ketones is 2. The molecule has 1 saturated heterocycles. The Kier molecular flexibility index (Phi) is 6.76. The van der Waals surface area contributed by atoms with E-state index in [1.54, 1.807) is 20.2 Å². The van der Waals surface area contributed by atoms with E-state index in [4.69, 9.17) is 14.9 Å². The van der Waals surface area contributed by atoms with Crippen LogP contribution in [0.15, 0.2) is 45.6 Å². The highest BCUT2D eigenvalue weighted by Gasteiger charge is 2.64. The quantitative estimate of drug-likeness (QED) is 0.319. The minimum absolute atomic E-state index is 0.0152. The molecule has 0 bridgehead atoms. The number of hydrogen-bond acceptors (Lipinski definition) is 11. The van der Waals surface area contributed by atoms with Gasteiger partial charge in [-0.2, -0.15) is 0 Å². The number of carbonyl (C=O) groups excluding carboxylic acids is 3. The SMILES string of the molecule is CN(C)[C@@H]1C(=O)C(C(N)=O)=C(O)[C@]2(O)C(=O)C3=C(O)c4c(O)ccc(-c5ccc(CN6CCOCC6)o5)c4C[C@H]3C[C@@H]12. The number of carbonyl (C=O) groups is 3. The van der Waals surface area contributed by atoms with Gasteiger partial charge in [0.05, 0.1) is 31.4 Å². The maximum Gasteiger partial charge on any atom is 0.255 e. The lowest BCUT2D eigenvalue weighted by atomic mass is 9.57. The van der Waals surface area contributed by atoms with Gasteiger partial charge in [0.1, 0.15) is 34.4 Å². The van der Waals surface area contributed by atoms with Gasteiger partial charge >= 0.3 is 0 Å². The number of fused-ring (bicyclic) bond motifs is 3. The molecule has 1 aromatic carbocycles. The van der Waals surface area contributed by atoms with Crippen LogP contribution in [0.4, 0.5) is 0 Å². The number of hydrogen-bond donors (Lipinski definition) is 5. The number of rotatable bonds is 5. The van der Waals surface area contributed by atoms with Crippen LogP contribution in [0.5, 0.6) is 5.75 Å². The van der Waals surface area contributed by atoms with Crippen LogP contribution in [-0.4, -0.2) is 99.7 Å². The Morgan fingerprint density at radius 1 is 1.12 bits per heavy atom. The molecule has 4 aliphatic rings. The van der Waals surface area contributed by atoms with E-state index >= 15 is 0 Å². The molecular weight excluding hydrogens is 546 g/mol. The van der Waals surface area contributed by atoms with Gasteiger partial charge in [-0.05, 0) is 62.7 Å². The number of likely N-dealkylation sites (N-methyl/N-ethyl adjacent to an activating group) is 1. The maximum atomic E-state index is 14.0. The Hall–Kier alpha value is -3.97. The molecular formula is C30H33N3O9. The number of furan rings is 1. The molecule has 0 spiro atoms. The first-order chi connectivity index (χ1) is 19.9. The van der Waals surface area contributed by atoms with Crippen molar-refractivity contribution < 1.29 is 44.0 Å². The number of ether oxygens (including phenoxy) is 1. The zero-order chi connectivity index (χ0) is 30.1. The van der Waals surface area contributed by atoms with E-state index in [1.807, 2.05) is 12.1 Å². The van der Waals surface area contributed by atoms with Crippen molar-refractivity contribution in [3.63, 3.8) is 0 Å². The van der Waals surface area contributed by atoms with Gasteiger partial charge < -0.3 is 35.3 Å². The van der Waals surface area contributed by atoms with Crippen molar-refractivity contribution in [2.75, 3.05) is 40.4 Å². The molecule has 6 N–H and O–H groups in total. The first-order valence-corrected chi connectivity index (χ1v) is 13.8. The first-order valence-electron chi connectivity index (χ1n) is 13.8. The molecule has 42 heavy (non-hydrogen) atoms. The predicted octanol–water partition coefficient (Wildman–Crippen LogP) is 1.06. The van der Waals surface area contributed by atoms with Gasteiger partial charge in [-0.1, -0.05) is 0 Å². The number of aromatic hydroxyl groups is 1. The van der Waals surface area contributed by atoms with Crippen LogP contribution in [0.1, 0.15) is 23.3 Å². The fourth-order valence-corrected chi connectivity index (χ4v) is 7.06. The minimum atomic E-state index is -2.67. The number of Topliss-reactive ketones (excluding diaryl/α,β-unsaturated/α-hetero) is 2. The number of amides is 1. The molecule has 3 aliphatic carbocycles.